The lowest BCUT2D eigenvalue weighted by atomic mass is 9.80. The first kappa shape index (κ1) is 46.3. The van der Waals surface area contributed by atoms with Gasteiger partial charge in [-0.3, -0.25) is 0 Å². The van der Waals surface area contributed by atoms with Crippen LogP contribution in [0.15, 0.2) is 220 Å². The zero-order chi connectivity index (χ0) is 53.0. The molecular weight excluding hydrogens is 953 g/mol. The Morgan fingerprint density at radius 1 is 0.333 bits per heavy atom. The molecule has 0 radical (unpaired) electrons. The van der Waals surface area contributed by atoms with Crippen LogP contribution in [0.25, 0.3) is 98.5 Å². The van der Waals surface area contributed by atoms with Crippen molar-refractivity contribution in [3.05, 3.63) is 229 Å². The predicted molar refractivity (Wildman–Crippen MR) is 328 cm³/mol. The smallest absolute Gasteiger partial charge is 0.159 e. The van der Waals surface area contributed by atoms with E-state index in [-0.39, 0.29) is 16.2 Å². The summed E-state index contributed by atoms with van der Waals surface area (Å²) in [5.74, 6) is 0. The molecule has 0 spiro atoms. The maximum Gasteiger partial charge on any atom is 0.159 e. The summed E-state index contributed by atoms with van der Waals surface area (Å²) >= 11 is 0. The molecule has 0 bridgehead atoms. The van der Waals surface area contributed by atoms with Crippen molar-refractivity contribution < 1.29 is 13.3 Å². The molecule has 0 aliphatic heterocycles. The zero-order valence-electron chi connectivity index (χ0n) is 45.2. The van der Waals surface area contributed by atoms with E-state index in [1.165, 1.54) is 44.2 Å². The Morgan fingerprint density at radius 3 is 1.29 bits per heavy atom. The van der Waals surface area contributed by atoms with Crippen molar-refractivity contribution in [1.82, 2.24) is 0 Å². The van der Waals surface area contributed by atoms with Crippen molar-refractivity contribution >= 4 is 121 Å². The molecule has 0 N–H and O–H groups in total. The average Bonchev–Trinajstić information content (AvgIpc) is 4.37. The average molecular weight is 1010 g/mol. The van der Waals surface area contributed by atoms with Gasteiger partial charge >= 0.3 is 0 Å². The first-order valence-electron chi connectivity index (χ1n) is 27.3. The standard InChI is InChI=1S/C73H58N2O3/c1-71(2,3)59-27-15-23-51-53-25-17-29-61(68(53)77-66(51)59)74(45-19-11-9-12-20-45)47-33-37-49-43(41-47)32-36-57-63-58(73(7,8)64(49)57)40-39-56-55-35-31-44-42-48(34-38-50(44)65(55)76-70(56)63)75(46-21-13-10-14-22-46)62-30-18-26-54-52-24-16-28-60(72(4,5)6)67(52)78-69(54)62/h9-42H,1-8H3. The monoisotopic (exact) mass is 1010 g/mol. The van der Waals surface area contributed by atoms with E-state index in [1.54, 1.807) is 0 Å². The van der Waals surface area contributed by atoms with Gasteiger partial charge in [0.05, 0.1) is 11.4 Å². The first-order chi connectivity index (χ1) is 37.7. The van der Waals surface area contributed by atoms with Crippen LogP contribution < -0.4 is 9.80 Å². The van der Waals surface area contributed by atoms with Gasteiger partial charge in [-0.1, -0.05) is 189 Å². The van der Waals surface area contributed by atoms with Crippen molar-refractivity contribution in [3.8, 4) is 11.1 Å². The van der Waals surface area contributed by atoms with E-state index in [0.717, 1.165) is 111 Å². The second kappa shape index (κ2) is 16.5. The Morgan fingerprint density at radius 2 is 0.756 bits per heavy atom. The summed E-state index contributed by atoms with van der Waals surface area (Å²) in [5.41, 5.74) is 18.6. The van der Waals surface area contributed by atoms with Gasteiger partial charge in [-0.2, -0.15) is 0 Å². The Bertz CT molecular complexity index is 4790. The maximum atomic E-state index is 7.26. The normalized spacial score (nSPS) is 13.5. The van der Waals surface area contributed by atoms with Gasteiger partial charge < -0.3 is 23.1 Å². The fourth-order valence-corrected chi connectivity index (χ4v) is 13.2. The van der Waals surface area contributed by atoms with Crippen molar-refractivity contribution in [1.29, 1.82) is 0 Å². The number of rotatable bonds is 6. The second-order valence-electron chi connectivity index (χ2n) is 24.1. The topological polar surface area (TPSA) is 45.9 Å². The third-order valence-corrected chi connectivity index (χ3v) is 16.8. The molecule has 1 aliphatic rings. The SMILES string of the molecule is CC(C)(C)c1cccc2c1oc1c(N(c3ccccc3)c3ccc4c5c(ccc4c3)-c3c(ccc4c3oc3c6ccc(N(c7ccccc7)c7cccc8c7oc7c(C(C)(C)C)cccc78)cc6ccc43)C5(C)C)cccc12. The molecule has 5 heteroatoms. The lowest BCUT2D eigenvalue weighted by Crippen LogP contribution is -2.15. The van der Waals surface area contributed by atoms with E-state index in [4.69, 9.17) is 13.3 Å². The fraction of sp³-hybridized carbons (Fsp3) is 0.151. The van der Waals surface area contributed by atoms with Crippen LogP contribution >= 0.6 is 0 Å². The van der Waals surface area contributed by atoms with E-state index in [9.17, 15) is 0 Å². The molecule has 378 valence electrons. The molecule has 14 aromatic rings. The lowest BCUT2D eigenvalue weighted by Gasteiger charge is -2.27. The highest BCUT2D eigenvalue weighted by Gasteiger charge is 2.39. The van der Waals surface area contributed by atoms with Crippen LogP contribution in [0.4, 0.5) is 34.1 Å². The van der Waals surface area contributed by atoms with Crippen LogP contribution in [-0.4, -0.2) is 0 Å². The van der Waals surface area contributed by atoms with Gasteiger partial charge in [0, 0.05) is 82.6 Å². The summed E-state index contributed by atoms with van der Waals surface area (Å²) in [6.07, 6.45) is 0. The summed E-state index contributed by atoms with van der Waals surface area (Å²) in [6, 6.07) is 74.9. The van der Waals surface area contributed by atoms with Crippen LogP contribution in [0, 0.1) is 0 Å². The first-order valence-corrected chi connectivity index (χ1v) is 27.3. The molecule has 0 unspecified atom stereocenters. The van der Waals surface area contributed by atoms with Gasteiger partial charge in [0.2, 0.25) is 0 Å². The van der Waals surface area contributed by atoms with E-state index < -0.39 is 0 Å². The van der Waals surface area contributed by atoms with E-state index >= 15 is 0 Å². The molecule has 0 saturated carbocycles. The summed E-state index contributed by atoms with van der Waals surface area (Å²) in [5, 5.41) is 11.3. The fourth-order valence-electron chi connectivity index (χ4n) is 13.2. The highest BCUT2D eigenvalue weighted by atomic mass is 16.3. The number of para-hydroxylation sites is 6. The van der Waals surface area contributed by atoms with Gasteiger partial charge in [0.1, 0.15) is 22.3 Å². The van der Waals surface area contributed by atoms with Gasteiger partial charge in [0.25, 0.3) is 0 Å². The van der Waals surface area contributed by atoms with Gasteiger partial charge in [-0.05, 0) is 116 Å². The van der Waals surface area contributed by atoms with Crippen LogP contribution in [-0.2, 0) is 16.2 Å². The van der Waals surface area contributed by atoms with E-state index in [0.29, 0.717) is 0 Å². The minimum atomic E-state index is -0.294. The zero-order valence-corrected chi connectivity index (χ0v) is 45.2. The molecule has 3 aromatic heterocycles. The quantitative estimate of drug-likeness (QED) is 0.166. The third kappa shape index (κ3) is 6.73. The molecule has 0 amide bonds. The number of furan rings is 3. The Labute approximate surface area is 453 Å². The number of hydrogen-bond acceptors (Lipinski definition) is 5. The molecule has 11 aromatic carbocycles. The molecule has 15 rings (SSSR count). The number of hydrogen-bond donors (Lipinski definition) is 0. The van der Waals surface area contributed by atoms with Crippen LogP contribution in [0.2, 0.25) is 0 Å². The summed E-state index contributed by atoms with van der Waals surface area (Å²) in [6.45, 7) is 18.2. The highest BCUT2D eigenvalue weighted by molar-refractivity contribution is 6.20. The number of anilines is 6. The lowest BCUT2D eigenvalue weighted by molar-refractivity contribution is 0.572. The van der Waals surface area contributed by atoms with Crippen LogP contribution in [0.3, 0.4) is 0 Å². The number of fused-ring (bicyclic) bond motifs is 17. The molecule has 0 saturated heterocycles. The van der Waals surface area contributed by atoms with Gasteiger partial charge in [-0.25, -0.2) is 0 Å². The van der Waals surface area contributed by atoms with E-state index in [1.807, 2.05) is 0 Å². The number of benzene rings is 11. The summed E-state index contributed by atoms with van der Waals surface area (Å²) < 4.78 is 21.2. The highest BCUT2D eigenvalue weighted by Crippen LogP contribution is 2.56. The predicted octanol–water partition coefficient (Wildman–Crippen LogP) is 21.5. The second-order valence-corrected chi connectivity index (χ2v) is 24.1. The van der Waals surface area contributed by atoms with Crippen molar-refractivity contribution in [2.75, 3.05) is 9.80 Å². The molecule has 0 fully saturated rings. The van der Waals surface area contributed by atoms with Crippen LogP contribution in [0.1, 0.15) is 77.6 Å². The largest absolute Gasteiger partial charge is 0.455 e. The summed E-state index contributed by atoms with van der Waals surface area (Å²) in [7, 11) is 0. The van der Waals surface area contributed by atoms with E-state index in [2.05, 4.69) is 271 Å². The molecule has 5 nitrogen and oxygen atoms in total. The molecule has 0 atom stereocenters. The molecule has 1 aliphatic carbocycles. The Hall–Kier alpha value is -9.06. The number of nitrogens with zero attached hydrogens (tertiary/aromatic N) is 2. The third-order valence-electron chi connectivity index (χ3n) is 16.8. The van der Waals surface area contributed by atoms with Crippen molar-refractivity contribution in [3.63, 3.8) is 0 Å². The molecular formula is C73H58N2O3. The molecule has 78 heavy (non-hydrogen) atoms. The van der Waals surface area contributed by atoms with Gasteiger partial charge in [-0.15, -0.1) is 0 Å². The summed E-state index contributed by atoms with van der Waals surface area (Å²) in [4.78, 5) is 4.67. The van der Waals surface area contributed by atoms with Crippen molar-refractivity contribution in [2.45, 2.75) is 71.6 Å². The minimum Gasteiger partial charge on any atom is -0.455 e. The maximum absolute atomic E-state index is 7.26. The van der Waals surface area contributed by atoms with Crippen molar-refractivity contribution in [2.24, 2.45) is 0 Å². The van der Waals surface area contributed by atoms with Crippen LogP contribution in [0.5, 0.6) is 0 Å². The Balaban J connectivity index is 0.854. The van der Waals surface area contributed by atoms with Gasteiger partial charge in [0.15, 0.2) is 11.2 Å². The Kier molecular flexibility index (Phi) is 9.77. The molecule has 3 heterocycles. The minimum absolute atomic E-state index is 0.0768.